The van der Waals surface area contributed by atoms with Crippen molar-refractivity contribution in [1.29, 1.82) is 0 Å². The molecular weight excluding hydrogens is 565 g/mol. The van der Waals surface area contributed by atoms with Gasteiger partial charge in [-0.3, -0.25) is 9.69 Å². The van der Waals surface area contributed by atoms with Crippen molar-refractivity contribution in [3.63, 3.8) is 0 Å². The first-order valence-corrected chi connectivity index (χ1v) is 12.7. The number of anilines is 2. The third-order valence-electron chi connectivity index (χ3n) is 6.19. The van der Waals surface area contributed by atoms with Crippen LogP contribution in [0.25, 0.3) is 0 Å². The molecule has 0 radical (unpaired) electrons. The van der Waals surface area contributed by atoms with Crippen LogP contribution in [0.2, 0.25) is 5.02 Å². The van der Waals surface area contributed by atoms with Gasteiger partial charge in [0.15, 0.2) is 11.6 Å². The number of nitrogens with one attached hydrogen (secondary N) is 3. The second-order valence-corrected chi connectivity index (χ2v) is 9.55. The predicted octanol–water partition coefficient (Wildman–Crippen LogP) is 3.10. The van der Waals surface area contributed by atoms with Gasteiger partial charge in [0.1, 0.15) is 0 Å². The van der Waals surface area contributed by atoms with E-state index in [-0.39, 0.29) is 24.3 Å². The number of hydrogen-bond donors (Lipinski definition) is 5. The van der Waals surface area contributed by atoms with E-state index >= 15 is 0 Å². The third-order valence-corrected chi connectivity index (χ3v) is 6.42. The number of carbonyl (C=O) groups excluding carboxylic acids is 2. The van der Waals surface area contributed by atoms with Gasteiger partial charge in [0.25, 0.3) is 5.91 Å². The molecule has 5 N–H and O–H groups in total. The lowest BCUT2D eigenvalue weighted by atomic mass is 10.1. The summed E-state index contributed by atoms with van der Waals surface area (Å²) in [5.74, 6) is -3.71. The number of rotatable bonds is 10. The van der Waals surface area contributed by atoms with Gasteiger partial charge in [-0.05, 0) is 24.3 Å². The van der Waals surface area contributed by atoms with Crippen LogP contribution in [-0.2, 0) is 6.54 Å². The van der Waals surface area contributed by atoms with Crippen LogP contribution in [0.4, 0.5) is 38.1 Å². The SMILES string of the molecule is O=C(NCc1ccc(C(=O)Nc2ccc(Cl)cc2N2CCN(CCC(F)(F)F)CC2)c(F)c1F)NC[C@H](O)CO. The van der Waals surface area contributed by atoms with Gasteiger partial charge < -0.3 is 31.1 Å². The van der Waals surface area contributed by atoms with Crippen LogP contribution in [-0.4, -0.2) is 85.2 Å². The Kier molecular flexibility index (Phi) is 10.9. The number of aliphatic hydroxyl groups is 2. The fourth-order valence-electron chi connectivity index (χ4n) is 3.97. The molecule has 1 aliphatic heterocycles. The van der Waals surface area contributed by atoms with Crippen molar-refractivity contribution >= 4 is 34.9 Å². The summed E-state index contributed by atoms with van der Waals surface area (Å²) < 4.78 is 67.1. The summed E-state index contributed by atoms with van der Waals surface area (Å²) in [6.45, 7) is 0.0709. The number of benzene rings is 2. The minimum atomic E-state index is -4.25. The fraction of sp³-hybridized carbons (Fsp3) is 0.440. The predicted molar refractivity (Wildman–Crippen MR) is 138 cm³/mol. The molecule has 1 fully saturated rings. The average Bonchev–Trinajstić information content (AvgIpc) is 2.92. The van der Waals surface area contributed by atoms with Crippen molar-refractivity contribution in [1.82, 2.24) is 15.5 Å². The Morgan fingerprint density at radius 1 is 1.02 bits per heavy atom. The van der Waals surface area contributed by atoms with E-state index in [9.17, 15) is 36.6 Å². The first-order valence-electron chi connectivity index (χ1n) is 12.3. The van der Waals surface area contributed by atoms with Gasteiger partial charge in [0.2, 0.25) is 0 Å². The number of hydrogen-bond acceptors (Lipinski definition) is 6. The molecule has 0 aliphatic carbocycles. The van der Waals surface area contributed by atoms with Crippen LogP contribution in [0.3, 0.4) is 0 Å². The average molecular weight is 594 g/mol. The van der Waals surface area contributed by atoms with E-state index in [0.29, 0.717) is 36.9 Å². The van der Waals surface area contributed by atoms with Crippen LogP contribution in [0.5, 0.6) is 0 Å². The number of urea groups is 1. The molecule has 9 nitrogen and oxygen atoms in total. The molecule has 2 aromatic rings. The smallest absolute Gasteiger partial charge is 0.390 e. The minimum absolute atomic E-state index is 0.121. The minimum Gasteiger partial charge on any atom is -0.394 e. The zero-order valence-corrected chi connectivity index (χ0v) is 22.0. The molecule has 0 saturated carbocycles. The van der Waals surface area contributed by atoms with E-state index in [1.165, 1.54) is 12.1 Å². The summed E-state index contributed by atoms with van der Waals surface area (Å²) in [5, 5.41) is 25.4. The van der Waals surface area contributed by atoms with E-state index in [1.54, 1.807) is 11.0 Å². The van der Waals surface area contributed by atoms with E-state index < -0.39 is 61.0 Å². The molecule has 1 heterocycles. The van der Waals surface area contributed by atoms with Gasteiger partial charge >= 0.3 is 12.2 Å². The van der Waals surface area contributed by atoms with Crippen LogP contribution in [0.15, 0.2) is 30.3 Å². The molecule has 1 saturated heterocycles. The first-order chi connectivity index (χ1) is 18.9. The first kappa shape index (κ1) is 31.3. The normalized spacial score (nSPS) is 15.1. The van der Waals surface area contributed by atoms with E-state index in [1.807, 2.05) is 4.90 Å². The lowest BCUT2D eigenvalue weighted by Crippen LogP contribution is -2.47. The molecule has 2 aromatic carbocycles. The van der Waals surface area contributed by atoms with Crippen molar-refractivity contribution in [2.45, 2.75) is 25.2 Å². The standard InChI is InChI=1S/C25H29ClF5N5O4/c26-16-2-4-19(20(11-16)36-9-7-35(8-10-36)6-5-25(29,30)31)34-23(39)18-3-1-15(21(27)22(18)28)12-32-24(40)33-13-17(38)14-37/h1-4,11,17,37-38H,5-10,12-14H2,(H,34,39)(H2,32,33,40)/t17-/m0/s1. The van der Waals surface area contributed by atoms with Crippen molar-refractivity contribution < 1.29 is 41.8 Å². The number of nitrogens with zero attached hydrogens (tertiary/aromatic N) is 2. The van der Waals surface area contributed by atoms with Crippen LogP contribution >= 0.6 is 11.6 Å². The van der Waals surface area contributed by atoms with Gasteiger partial charge in [0, 0.05) is 56.4 Å². The van der Waals surface area contributed by atoms with Gasteiger partial charge in [0.05, 0.1) is 36.1 Å². The van der Waals surface area contributed by atoms with Crippen molar-refractivity contribution in [2.24, 2.45) is 0 Å². The highest BCUT2D eigenvalue weighted by atomic mass is 35.5. The lowest BCUT2D eigenvalue weighted by molar-refractivity contribution is -0.138. The zero-order chi connectivity index (χ0) is 29.4. The van der Waals surface area contributed by atoms with E-state index in [0.717, 1.165) is 12.1 Å². The van der Waals surface area contributed by atoms with Gasteiger partial charge in [-0.2, -0.15) is 13.2 Å². The van der Waals surface area contributed by atoms with Crippen molar-refractivity contribution in [3.05, 3.63) is 58.1 Å². The number of alkyl halides is 3. The number of amides is 3. The van der Waals surface area contributed by atoms with Crippen LogP contribution in [0, 0.1) is 11.6 Å². The molecule has 15 heteroatoms. The summed E-state index contributed by atoms with van der Waals surface area (Å²) in [5.41, 5.74) is -0.0853. The number of carbonyl (C=O) groups is 2. The van der Waals surface area contributed by atoms with Gasteiger partial charge in [-0.1, -0.05) is 17.7 Å². The molecule has 0 aromatic heterocycles. The number of piperazine rings is 1. The van der Waals surface area contributed by atoms with Crippen molar-refractivity contribution in [3.8, 4) is 0 Å². The Morgan fingerprint density at radius 2 is 1.73 bits per heavy atom. The van der Waals surface area contributed by atoms with Gasteiger partial charge in [-0.25, -0.2) is 13.6 Å². The summed E-state index contributed by atoms with van der Waals surface area (Å²) in [6.07, 6.45) is -6.33. The quantitative estimate of drug-likeness (QED) is 0.270. The second-order valence-electron chi connectivity index (χ2n) is 9.11. The topological polar surface area (TPSA) is 117 Å². The highest BCUT2D eigenvalue weighted by Gasteiger charge is 2.29. The summed E-state index contributed by atoms with van der Waals surface area (Å²) in [4.78, 5) is 28.1. The molecule has 0 spiro atoms. The maximum atomic E-state index is 14.8. The van der Waals surface area contributed by atoms with Crippen LogP contribution in [0.1, 0.15) is 22.3 Å². The zero-order valence-electron chi connectivity index (χ0n) is 21.2. The molecule has 3 amide bonds. The highest BCUT2D eigenvalue weighted by molar-refractivity contribution is 6.31. The Hall–Kier alpha value is -3.20. The summed E-state index contributed by atoms with van der Waals surface area (Å²) in [6, 6.07) is 5.97. The van der Waals surface area contributed by atoms with Crippen LogP contribution < -0.4 is 20.9 Å². The maximum absolute atomic E-state index is 14.8. The van der Waals surface area contributed by atoms with Crippen molar-refractivity contribution in [2.75, 3.05) is 56.1 Å². The molecule has 1 atom stereocenters. The summed E-state index contributed by atoms with van der Waals surface area (Å²) in [7, 11) is 0. The Balaban J connectivity index is 1.65. The Labute approximate surface area is 231 Å². The summed E-state index contributed by atoms with van der Waals surface area (Å²) >= 11 is 6.13. The molecular formula is C25H29ClF5N5O4. The second kappa shape index (κ2) is 13.9. The maximum Gasteiger partial charge on any atom is 0.390 e. The molecule has 220 valence electrons. The largest absolute Gasteiger partial charge is 0.394 e. The van der Waals surface area contributed by atoms with E-state index in [4.69, 9.17) is 16.7 Å². The van der Waals surface area contributed by atoms with Gasteiger partial charge in [-0.15, -0.1) is 0 Å². The molecule has 40 heavy (non-hydrogen) atoms. The third kappa shape index (κ3) is 8.91. The number of aliphatic hydroxyl groups excluding tert-OH is 2. The van der Waals surface area contributed by atoms with E-state index in [2.05, 4.69) is 16.0 Å². The Morgan fingerprint density at radius 3 is 2.38 bits per heavy atom. The lowest BCUT2D eigenvalue weighted by Gasteiger charge is -2.37. The number of halogens is 6. The fourth-order valence-corrected chi connectivity index (χ4v) is 4.14. The molecule has 1 aliphatic rings. The Bertz CT molecular complexity index is 1190. The molecule has 0 bridgehead atoms. The molecule has 0 unspecified atom stereocenters. The highest BCUT2D eigenvalue weighted by Crippen LogP contribution is 2.31. The molecule has 3 rings (SSSR count). The monoisotopic (exact) mass is 593 g/mol.